The van der Waals surface area contributed by atoms with Gasteiger partial charge in [-0.15, -0.1) is 0 Å². The van der Waals surface area contributed by atoms with E-state index in [0.717, 1.165) is 5.56 Å². The van der Waals surface area contributed by atoms with E-state index < -0.39 is 13.1 Å². The van der Waals surface area contributed by atoms with Crippen LogP contribution in [-0.2, 0) is 6.42 Å². The van der Waals surface area contributed by atoms with E-state index in [1.807, 2.05) is 6.92 Å². The number of aliphatic hydroxyl groups is 1. The van der Waals surface area contributed by atoms with Crippen molar-refractivity contribution in [2.45, 2.75) is 25.5 Å². The van der Waals surface area contributed by atoms with Crippen molar-refractivity contribution in [2.24, 2.45) is 0 Å². The first-order chi connectivity index (χ1) is 14.1. The number of ether oxygens (including phenoxy) is 1. The summed E-state index contributed by atoms with van der Waals surface area (Å²) in [5, 5.41) is 24.4. The molecule has 0 saturated carbocycles. The summed E-state index contributed by atoms with van der Waals surface area (Å²) in [6.45, 7) is 2.26. The predicted molar refractivity (Wildman–Crippen MR) is 105 cm³/mol. The van der Waals surface area contributed by atoms with Gasteiger partial charge in [-0.05, 0) is 48.7 Å². The number of hydrogen-bond donors (Lipinski definition) is 4. The molecule has 0 aliphatic heterocycles. The molecule has 0 amide bonds. The van der Waals surface area contributed by atoms with Crippen LogP contribution in [-0.4, -0.2) is 34.8 Å². The Hall–Kier alpha value is -2.83. The number of phenolic OH excluding ortho intramolecular Hbond substituents is 1. The highest BCUT2D eigenvalue weighted by Crippen LogP contribution is 2.28. The minimum Gasteiger partial charge on any atom is -0.506 e. The van der Waals surface area contributed by atoms with Gasteiger partial charge in [0.15, 0.2) is 0 Å². The number of aliphatic hydroxyl groups excluding tert-OH is 1. The summed E-state index contributed by atoms with van der Waals surface area (Å²) in [6.07, 6.45) is -0.166. The molecule has 0 aliphatic carbocycles. The van der Waals surface area contributed by atoms with E-state index in [1.165, 1.54) is 12.1 Å². The Morgan fingerprint density at radius 2 is 1.96 bits per heavy atom. The summed E-state index contributed by atoms with van der Waals surface area (Å²) < 4.78 is 26.2. The van der Waals surface area contributed by atoms with Crippen molar-refractivity contribution in [1.29, 1.82) is 0 Å². The van der Waals surface area contributed by atoms with Crippen LogP contribution >= 0.6 is 0 Å². The van der Waals surface area contributed by atoms with Gasteiger partial charge in [-0.1, -0.05) is 18.2 Å². The van der Waals surface area contributed by atoms with Crippen LogP contribution in [0, 0.1) is 0 Å². The smallest absolute Gasteiger partial charge is 0.248 e. The number of hydrogen-bond acceptors (Lipinski definition) is 5. The van der Waals surface area contributed by atoms with Gasteiger partial charge in [-0.3, -0.25) is 4.79 Å². The molecule has 0 fully saturated rings. The Morgan fingerprint density at radius 3 is 2.70 bits per heavy atom. The Balaban J connectivity index is 1.61. The van der Waals surface area contributed by atoms with Crippen LogP contribution in [0.4, 0.5) is 0 Å². The molecule has 27 heavy (non-hydrogen) atoms. The maximum absolute atomic E-state index is 11.5. The van der Waals surface area contributed by atoms with Gasteiger partial charge >= 0.3 is 0 Å². The molecule has 3 rings (SSSR count). The second-order valence-electron chi connectivity index (χ2n) is 6.56. The van der Waals surface area contributed by atoms with E-state index in [0.29, 0.717) is 22.9 Å². The summed E-state index contributed by atoms with van der Waals surface area (Å²) in [5.74, 6) is 0.234. The molecule has 4 N–H and O–H groups in total. The number of pyridine rings is 1. The van der Waals surface area contributed by atoms with Gasteiger partial charge in [-0.2, -0.15) is 0 Å². The molecular weight excluding hydrogens is 344 g/mol. The van der Waals surface area contributed by atoms with Gasteiger partial charge in [0, 0.05) is 24.0 Å². The summed E-state index contributed by atoms with van der Waals surface area (Å²) in [4.78, 5) is 14.1. The van der Waals surface area contributed by atoms with Crippen LogP contribution in [0.1, 0.15) is 28.3 Å². The lowest BCUT2D eigenvalue weighted by molar-refractivity contribution is 0.172. The zero-order chi connectivity index (χ0) is 21.9. The highest BCUT2D eigenvalue weighted by atomic mass is 16.5. The third kappa shape index (κ3) is 4.48. The van der Waals surface area contributed by atoms with E-state index in [2.05, 4.69) is 10.3 Å². The van der Waals surface area contributed by atoms with Crippen LogP contribution in [0.2, 0.25) is 0 Å². The van der Waals surface area contributed by atoms with Gasteiger partial charge in [-0.25, -0.2) is 0 Å². The summed E-state index contributed by atoms with van der Waals surface area (Å²) in [6, 6.07) is 12.9. The lowest BCUT2D eigenvalue weighted by Gasteiger charge is -2.19. The van der Waals surface area contributed by atoms with Crippen molar-refractivity contribution in [3.63, 3.8) is 0 Å². The Morgan fingerprint density at radius 1 is 1.19 bits per heavy atom. The van der Waals surface area contributed by atoms with Crippen molar-refractivity contribution in [1.82, 2.24) is 10.3 Å². The number of nitrogens with one attached hydrogen (secondary N) is 2. The van der Waals surface area contributed by atoms with Crippen LogP contribution in [0.25, 0.3) is 10.9 Å². The number of fused-ring (bicyclic) bond motifs is 1. The fourth-order valence-electron chi connectivity index (χ4n) is 3.09. The minimum absolute atomic E-state index is 0.0391. The molecule has 0 saturated heterocycles. The maximum atomic E-state index is 11.5. The number of aromatic hydroxyl groups is 1. The minimum atomic E-state index is -2.47. The highest BCUT2D eigenvalue weighted by Gasteiger charge is 2.15. The quantitative estimate of drug-likeness (QED) is 0.512. The monoisotopic (exact) mass is 371 g/mol. The standard InChI is InChI=1S/C21H24N2O4/c1-13(11-14-3-5-15(27-2)6-4-14)22-12-19(25)16-7-9-18(24)21-17(16)8-10-20(26)23-21/h3-10,13,19,22,24-25H,11-12H2,1-2H3,(H,23,26)/t13-,19+/m1/s1/i2D3. The molecule has 6 heteroatoms. The number of H-pyrrole nitrogens is 1. The van der Waals surface area contributed by atoms with E-state index in [1.54, 1.807) is 36.4 Å². The van der Waals surface area contributed by atoms with Crippen LogP contribution in [0.5, 0.6) is 11.5 Å². The molecule has 2 atom stereocenters. The van der Waals surface area contributed by atoms with Crippen molar-refractivity contribution in [3.05, 3.63) is 70.0 Å². The Bertz CT molecular complexity index is 1060. The van der Waals surface area contributed by atoms with Crippen molar-refractivity contribution in [2.75, 3.05) is 13.6 Å². The summed E-state index contributed by atoms with van der Waals surface area (Å²) in [7, 11) is -2.47. The average Bonchev–Trinajstić information content (AvgIpc) is 2.67. The highest BCUT2D eigenvalue weighted by molar-refractivity contribution is 5.87. The maximum Gasteiger partial charge on any atom is 0.248 e. The molecule has 0 bridgehead atoms. The van der Waals surface area contributed by atoms with Crippen LogP contribution in [0.3, 0.4) is 0 Å². The molecule has 1 aromatic heterocycles. The number of rotatable bonds is 7. The van der Waals surface area contributed by atoms with E-state index >= 15 is 0 Å². The number of methoxy groups -OCH3 is 1. The van der Waals surface area contributed by atoms with Gasteiger partial charge in [0.2, 0.25) is 5.56 Å². The molecule has 3 aromatic rings. The van der Waals surface area contributed by atoms with Gasteiger partial charge in [0.05, 0.1) is 22.8 Å². The lowest BCUT2D eigenvalue weighted by Crippen LogP contribution is -2.32. The van der Waals surface area contributed by atoms with Gasteiger partial charge in [0.1, 0.15) is 11.5 Å². The molecule has 142 valence electrons. The lowest BCUT2D eigenvalue weighted by atomic mass is 10.0. The van der Waals surface area contributed by atoms with Crippen LogP contribution < -0.4 is 15.6 Å². The molecule has 0 radical (unpaired) electrons. The van der Waals surface area contributed by atoms with Crippen LogP contribution in [0.15, 0.2) is 53.3 Å². The third-order valence-corrected chi connectivity index (χ3v) is 4.51. The first-order valence-electron chi connectivity index (χ1n) is 10.2. The van der Waals surface area contributed by atoms with E-state index in [9.17, 15) is 15.0 Å². The largest absolute Gasteiger partial charge is 0.506 e. The third-order valence-electron chi connectivity index (χ3n) is 4.51. The van der Waals surface area contributed by atoms with Gasteiger partial charge in [0.25, 0.3) is 0 Å². The summed E-state index contributed by atoms with van der Waals surface area (Å²) in [5.41, 5.74) is 1.57. The van der Waals surface area contributed by atoms with E-state index in [4.69, 9.17) is 8.85 Å². The number of benzene rings is 2. The van der Waals surface area contributed by atoms with E-state index in [-0.39, 0.29) is 29.6 Å². The summed E-state index contributed by atoms with van der Waals surface area (Å²) >= 11 is 0. The normalized spacial score (nSPS) is 15.6. The fourth-order valence-corrected chi connectivity index (χ4v) is 3.09. The molecule has 0 aliphatic rings. The fraction of sp³-hybridized carbons (Fsp3) is 0.286. The predicted octanol–water partition coefficient (Wildman–Crippen LogP) is 2.50. The van der Waals surface area contributed by atoms with Crippen molar-refractivity contribution < 1.29 is 19.1 Å². The topological polar surface area (TPSA) is 94.6 Å². The zero-order valence-corrected chi connectivity index (χ0v) is 14.9. The molecular formula is C21H24N2O4. The van der Waals surface area contributed by atoms with Crippen molar-refractivity contribution >= 4 is 10.9 Å². The SMILES string of the molecule is [2H]C([2H])([2H])Oc1ccc(C[C@@H](C)NC[C@H](O)c2ccc(O)c3[nH]c(=O)ccc23)cc1. The molecule has 0 unspecified atom stereocenters. The Kier molecular flexibility index (Phi) is 4.66. The molecule has 2 aromatic carbocycles. The first kappa shape index (κ1) is 15.2. The first-order valence-corrected chi connectivity index (χ1v) is 8.67. The number of aromatic nitrogens is 1. The zero-order valence-electron chi connectivity index (χ0n) is 17.9. The number of aromatic amines is 1. The second-order valence-corrected chi connectivity index (χ2v) is 6.56. The van der Waals surface area contributed by atoms with Crippen molar-refractivity contribution in [3.8, 4) is 11.5 Å². The average molecular weight is 371 g/mol. The molecule has 1 heterocycles. The molecule has 6 nitrogen and oxygen atoms in total. The molecule has 0 spiro atoms. The van der Waals surface area contributed by atoms with Gasteiger partial charge < -0.3 is 25.3 Å². The Labute approximate surface area is 161 Å². The second kappa shape index (κ2) is 8.24. The number of phenols is 1.